The van der Waals surface area contributed by atoms with E-state index in [1.165, 1.54) is 0 Å². The first kappa shape index (κ1) is 14.0. The van der Waals surface area contributed by atoms with Crippen LogP contribution in [0.3, 0.4) is 0 Å². The van der Waals surface area contributed by atoms with E-state index >= 15 is 0 Å². The van der Waals surface area contributed by atoms with Crippen LogP contribution in [0.4, 0.5) is 0 Å². The highest BCUT2D eigenvalue weighted by Gasteiger charge is 2.12. The summed E-state index contributed by atoms with van der Waals surface area (Å²) >= 11 is 0. The molecule has 0 fully saturated rings. The first-order valence-corrected chi connectivity index (χ1v) is 8.32. The summed E-state index contributed by atoms with van der Waals surface area (Å²) in [5.41, 5.74) is 6.12. The van der Waals surface area contributed by atoms with Gasteiger partial charge in [0, 0.05) is 28.1 Å². The Morgan fingerprint density at radius 3 is 2.36 bits per heavy atom. The van der Waals surface area contributed by atoms with Gasteiger partial charge in [-0.05, 0) is 23.8 Å². The van der Waals surface area contributed by atoms with E-state index in [0.29, 0.717) is 0 Å². The van der Waals surface area contributed by atoms with Crippen LogP contribution in [0.5, 0.6) is 0 Å². The van der Waals surface area contributed by atoms with Crippen LogP contribution in [-0.4, -0.2) is 4.98 Å². The van der Waals surface area contributed by atoms with Crippen molar-refractivity contribution in [2.24, 2.45) is 0 Å². The molecule has 2 heteroatoms. The Morgan fingerprint density at radius 2 is 1.44 bits per heavy atom. The van der Waals surface area contributed by atoms with Crippen LogP contribution in [0.25, 0.3) is 44.3 Å². The van der Waals surface area contributed by atoms with Crippen LogP contribution in [0, 0.1) is 0 Å². The van der Waals surface area contributed by atoms with Crippen molar-refractivity contribution in [3.05, 3.63) is 91.1 Å². The van der Waals surface area contributed by atoms with Crippen molar-refractivity contribution >= 4 is 21.9 Å². The Bertz CT molecular complexity index is 1190. The SMILES string of the molecule is c1ccc(-c2cc(-c3cccc4c3oc3ccccc34)ccn2)cc1. The highest BCUT2D eigenvalue weighted by atomic mass is 16.3. The average molecular weight is 321 g/mol. The molecule has 0 N–H and O–H groups in total. The molecule has 0 saturated heterocycles. The minimum Gasteiger partial charge on any atom is -0.455 e. The summed E-state index contributed by atoms with van der Waals surface area (Å²) in [6, 6.07) is 28.9. The molecule has 25 heavy (non-hydrogen) atoms. The molecule has 0 atom stereocenters. The number of benzene rings is 3. The van der Waals surface area contributed by atoms with Crippen molar-refractivity contribution < 1.29 is 4.42 Å². The highest BCUT2D eigenvalue weighted by Crippen LogP contribution is 2.36. The molecule has 0 saturated carbocycles. The number of rotatable bonds is 2. The molecule has 2 heterocycles. The number of nitrogens with zero attached hydrogens (tertiary/aromatic N) is 1. The predicted octanol–water partition coefficient (Wildman–Crippen LogP) is 6.32. The van der Waals surface area contributed by atoms with Gasteiger partial charge in [-0.25, -0.2) is 0 Å². The van der Waals surface area contributed by atoms with Crippen LogP contribution >= 0.6 is 0 Å². The van der Waals surface area contributed by atoms with Crippen LogP contribution in [0.15, 0.2) is 95.5 Å². The highest BCUT2D eigenvalue weighted by molar-refractivity contribution is 6.09. The van der Waals surface area contributed by atoms with Gasteiger partial charge in [-0.1, -0.05) is 66.7 Å². The van der Waals surface area contributed by atoms with E-state index in [2.05, 4.69) is 47.4 Å². The van der Waals surface area contributed by atoms with Gasteiger partial charge in [-0.3, -0.25) is 4.98 Å². The van der Waals surface area contributed by atoms with Gasteiger partial charge in [0.05, 0.1) is 5.69 Å². The summed E-state index contributed by atoms with van der Waals surface area (Å²) in [4.78, 5) is 4.53. The van der Waals surface area contributed by atoms with Crippen molar-refractivity contribution in [1.29, 1.82) is 0 Å². The lowest BCUT2D eigenvalue weighted by Crippen LogP contribution is -1.85. The standard InChI is InChI=1S/C23H15NO/c1-2-7-16(8-3-1)21-15-17(13-14-24-21)18-10-6-11-20-19-9-4-5-12-22(19)25-23(18)20/h1-15H. The van der Waals surface area contributed by atoms with Crippen LogP contribution in [0.2, 0.25) is 0 Å². The second-order valence-corrected chi connectivity index (χ2v) is 6.08. The summed E-state index contributed by atoms with van der Waals surface area (Å²) in [6.07, 6.45) is 1.86. The van der Waals surface area contributed by atoms with Gasteiger partial charge in [-0.2, -0.15) is 0 Å². The third-order valence-electron chi connectivity index (χ3n) is 4.54. The molecule has 0 aliphatic carbocycles. The van der Waals surface area contributed by atoms with Gasteiger partial charge >= 0.3 is 0 Å². The van der Waals surface area contributed by atoms with Crippen molar-refractivity contribution in [3.63, 3.8) is 0 Å². The summed E-state index contributed by atoms with van der Waals surface area (Å²) in [6.45, 7) is 0. The number of aromatic nitrogens is 1. The monoisotopic (exact) mass is 321 g/mol. The number of hydrogen-bond acceptors (Lipinski definition) is 2. The predicted molar refractivity (Wildman–Crippen MR) is 102 cm³/mol. The maximum atomic E-state index is 6.16. The van der Waals surface area contributed by atoms with Crippen LogP contribution in [-0.2, 0) is 0 Å². The van der Waals surface area contributed by atoms with E-state index in [1.54, 1.807) is 0 Å². The molecular formula is C23H15NO. The second kappa shape index (κ2) is 5.60. The molecule has 0 aliphatic rings. The molecule has 0 bridgehead atoms. The Morgan fingerprint density at radius 1 is 0.640 bits per heavy atom. The van der Waals surface area contributed by atoms with Gasteiger partial charge < -0.3 is 4.42 Å². The van der Waals surface area contributed by atoms with E-state index in [9.17, 15) is 0 Å². The first-order valence-electron chi connectivity index (χ1n) is 8.32. The fourth-order valence-electron chi connectivity index (χ4n) is 3.34. The topological polar surface area (TPSA) is 26.0 Å². The maximum Gasteiger partial charge on any atom is 0.143 e. The molecule has 118 valence electrons. The van der Waals surface area contributed by atoms with Gasteiger partial charge in [0.15, 0.2) is 0 Å². The van der Waals surface area contributed by atoms with Crippen molar-refractivity contribution in [2.75, 3.05) is 0 Å². The van der Waals surface area contributed by atoms with E-state index in [0.717, 1.165) is 44.3 Å². The van der Waals surface area contributed by atoms with Crippen molar-refractivity contribution in [2.45, 2.75) is 0 Å². The summed E-state index contributed by atoms with van der Waals surface area (Å²) in [5, 5.41) is 2.29. The van der Waals surface area contributed by atoms with E-state index in [4.69, 9.17) is 4.42 Å². The third kappa shape index (κ3) is 2.31. The van der Waals surface area contributed by atoms with Gasteiger partial charge in [-0.15, -0.1) is 0 Å². The molecule has 3 aromatic carbocycles. The van der Waals surface area contributed by atoms with Gasteiger partial charge in [0.2, 0.25) is 0 Å². The normalized spacial score (nSPS) is 11.2. The van der Waals surface area contributed by atoms with Crippen molar-refractivity contribution in [3.8, 4) is 22.4 Å². The molecule has 5 aromatic rings. The summed E-state index contributed by atoms with van der Waals surface area (Å²) in [5.74, 6) is 0. The molecule has 2 nitrogen and oxygen atoms in total. The molecule has 0 spiro atoms. The Kier molecular flexibility index (Phi) is 3.14. The van der Waals surface area contributed by atoms with E-state index < -0.39 is 0 Å². The Balaban J connectivity index is 1.74. The van der Waals surface area contributed by atoms with Crippen molar-refractivity contribution in [1.82, 2.24) is 4.98 Å². The molecule has 0 aliphatic heterocycles. The molecular weight excluding hydrogens is 306 g/mol. The number of fused-ring (bicyclic) bond motifs is 3. The largest absolute Gasteiger partial charge is 0.455 e. The molecule has 2 aromatic heterocycles. The van der Waals surface area contributed by atoms with Crippen LogP contribution in [0.1, 0.15) is 0 Å². The quantitative estimate of drug-likeness (QED) is 0.380. The van der Waals surface area contributed by atoms with E-state index in [1.807, 2.05) is 48.7 Å². The van der Waals surface area contributed by atoms with Gasteiger partial charge in [0.25, 0.3) is 0 Å². The lowest BCUT2D eigenvalue weighted by molar-refractivity contribution is 0.670. The minimum atomic E-state index is 0.919. The lowest BCUT2D eigenvalue weighted by atomic mass is 10.0. The number of para-hydroxylation sites is 2. The molecule has 0 unspecified atom stereocenters. The van der Waals surface area contributed by atoms with Crippen LogP contribution < -0.4 is 0 Å². The Hall–Kier alpha value is -3.39. The fourth-order valence-corrected chi connectivity index (χ4v) is 3.34. The third-order valence-corrected chi connectivity index (χ3v) is 4.54. The fraction of sp³-hybridized carbons (Fsp3) is 0. The summed E-state index contributed by atoms with van der Waals surface area (Å²) < 4.78 is 6.16. The second-order valence-electron chi connectivity index (χ2n) is 6.08. The maximum absolute atomic E-state index is 6.16. The smallest absolute Gasteiger partial charge is 0.143 e. The molecule has 0 amide bonds. The first-order chi connectivity index (χ1) is 12.4. The number of hydrogen-bond donors (Lipinski definition) is 0. The molecule has 0 radical (unpaired) electrons. The molecule has 5 rings (SSSR count). The lowest BCUT2D eigenvalue weighted by Gasteiger charge is -2.06. The summed E-state index contributed by atoms with van der Waals surface area (Å²) in [7, 11) is 0. The number of furan rings is 1. The van der Waals surface area contributed by atoms with E-state index in [-0.39, 0.29) is 0 Å². The number of pyridine rings is 1. The van der Waals surface area contributed by atoms with Gasteiger partial charge in [0.1, 0.15) is 11.2 Å². The minimum absolute atomic E-state index is 0.919. The zero-order chi connectivity index (χ0) is 16.6. The zero-order valence-corrected chi connectivity index (χ0v) is 13.5. The Labute approximate surface area is 145 Å². The average Bonchev–Trinajstić information content (AvgIpc) is 3.07. The zero-order valence-electron chi connectivity index (χ0n) is 13.5.